The van der Waals surface area contributed by atoms with E-state index in [1.54, 1.807) is 46.1 Å². The van der Waals surface area contributed by atoms with Crippen LogP contribution in [0.15, 0.2) is 30.3 Å². The lowest BCUT2D eigenvalue weighted by molar-refractivity contribution is 0.0527. The maximum Gasteiger partial charge on any atom is 0.348 e. The molecule has 0 aliphatic carbocycles. The lowest BCUT2D eigenvalue weighted by atomic mass is 10.1. The summed E-state index contributed by atoms with van der Waals surface area (Å²) < 4.78 is 15.4. The van der Waals surface area contributed by atoms with Crippen molar-refractivity contribution in [3.63, 3.8) is 0 Å². The molecular formula is C22H23N3O6S. The number of hydrogen-bond acceptors (Lipinski definition) is 8. The van der Waals surface area contributed by atoms with Crippen LogP contribution < -0.4 is 10.1 Å². The third kappa shape index (κ3) is 4.80. The van der Waals surface area contributed by atoms with Crippen LogP contribution in [0.3, 0.4) is 0 Å². The number of ether oxygens (including phenoxy) is 3. The Hall–Kier alpha value is -3.66. The third-order valence-electron chi connectivity index (χ3n) is 4.50. The molecule has 2 heterocycles. The molecule has 1 amide bonds. The quantitative estimate of drug-likeness (QED) is 0.490. The van der Waals surface area contributed by atoms with Crippen LogP contribution in [0.2, 0.25) is 0 Å². The number of aromatic amines is 1. The second-order valence-electron chi connectivity index (χ2n) is 6.55. The summed E-state index contributed by atoms with van der Waals surface area (Å²) in [6.07, 6.45) is 0. The maximum absolute atomic E-state index is 12.9. The first kappa shape index (κ1) is 23.0. The van der Waals surface area contributed by atoms with E-state index in [4.69, 9.17) is 14.2 Å². The Bertz CT molecular complexity index is 1150. The Labute approximate surface area is 188 Å². The first-order valence-electron chi connectivity index (χ1n) is 9.88. The number of rotatable bonds is 8. The Morgan fingerprint density at radius 2 is 1.81 bits per heavy atom. The molecule has 1 aromatic carbocycles. The van der Waals surface area contributed by atoms with Gasteiger partial charge in [0.1, 0.15) is 21.3 Å². The summed E-state index contributed by atoms with van der Waals surface area (Å²) in [5.41, 5.74) is 2.02. The average molecular weight is 458 g/mol. The normalized spacial score (nSPS) is 10.5. The maximum atomic E-state index is 12.9. The van der Waals surface area contributed by atoms with E-state index in [9.17, 15) is 14.4 Å². The molecule has 10 heteroatoms. The molecule has 0 saturated heterocycles. The number of H-pyrrole nitrogens is 1. The van der Waals surface area contributed by atoms with E-state index in [0.717, 1.165) is 16.9 Å². The average Bonchev–Trinajstić information content (AvgIpc) is 3.39. The zero-order valence-corrected chi connectivity index (χ0v) is 18.9. The van der Waals surface area contributed by atoms with E-state index < -0.39 is 17.8 Å². The van der Waals surface area contributed by atoms with E-state index in [1.807, 2.05) is 12.1 Å². The van der Waals surface area contributed by atoms with Crippen molar-refractivity contribution in [3.8, 4) is 17.0 Å². The molecule has 0 bridgehead atoms. The van der Waals surface area contributed by atoms with Crippen molar-refractivity contribution < 1.29 is 28.6 Å². The zero-order valence-electron chi connectivity index (χ0n) is 18.1. The number of thiophene rings is 1. The Kier molecular flexibility index (Phi) is 7.26. The number of carbonyl (C=O) groups is 3. The highest BCUT2D eigenvalue weighted by molar-refractivity contribution is 7.18. The number of nitrogens with zero attached hydrogens (tertiary/aromatic N) is 1. The largest absolute Gasteiger partial charge is 0.497 e. The molecule has 2 N–H and O–H groups in total. The molecule has 9 nitrogen and oxygen atoms in total. The van der Waals surface area contributed by atoms with Crippen molar-refractivity contribution in [3.05, 3.63) is 52.0 Å². The third-order valence-corrected chi connectivity index (χ3v) is 5.69. The van der Waals surface area contributed by atoms with E-state index in [2.05, 4.69) is 15.5 Å². The number of hydrogen-bond donors (Lipinski definition) is 2. The van der Waals surface area contributed by atoms with E-state index >= 15 is 0 Å². The minimum absolute atomic E-state index is 0.126. The van der Waals surface area contributed by atoms with E-state index in [1.165, 1.54) is 0 Å². The Morgan fingerprint density at radius 3 is 2.50 bits per heavy atom. The van der Waals surface area contributed by atoms with Gasteiger partial charge in [0.25, 0.3) is 5.91 Å². The second kappa shape index (κ2) is 10.1. The van der Waals surface area contributed by atoms with Crippen LogP contribution >= 0.6 is 11.3 Å². The van der Waals surface area contributed by atoms with Crippen LogP contribution in [-0.2, 0) is 9.47 Å². The van der Waals surface area contributed by atoms with Crippen LogP contribution in [0.1, 0.15) is 49.9 Å². The van der Waals surface area contributed by atoms with Crippen molar-refractivity contribution in [2.24, 2.45) is 0 Å². The molecule has 3 rings (SSSR count). The van der Waals surface area contributed by atoms with Gasteiger partial charge in [-0.3, -0.25) is 9.89 Å². The van der Waals surface area contributed by atoms with Crippen molar-refractivity contribution >= 4 is 34.2 Å². The molecule has 0 unspecified atom stereocenters. The summed E-state index contributed by atoms with van der Waals surface area (Å²) in [5, 5.41) is 9.76. The number of esters is 2. The van der Waals surface area contributed by atoms with Gasteiger partial charge < -0.3 is 19.5 Å². The summed E-state index contributed by atoms with van der Waals surface area (Å²) in [6, 6.07) is 8.85. The Morgan fingerprint density at radius 1 is 1.09 bits per heavy atom. The predicted octanol–water partition coefficient (Wildman–Crippen LogP) is 4.06. The van der Waals surface area contributed by atoms with E-state index in [-0.39, 0.29) is 34.3 Å². The van der Waals surface area contributed by atoms with Gasteiger partial charge in [-0.15, -0.1) is 11.3 Å². The molecule has 0 aliphatic heterocycles. The first-order chi connectivity index (χ1) is 15.4. The molecule has 32 heavy (non-hydrogen) atoms. The number of carbonyl (C=O) groups excluding carboxylic acids is 3. The smallest absolute Gasteiger partial charge is 0.348 e. The summed E-state index contributed by atoms with van der Waals surface area (Å²) in [5.74, 6) is -1.05. The fourth-order valence-electron chi connectivity index (χ4n) is 2.98. The van der Waals surface area contributed by atoms with Crippen molar-refractivity contribution in [2.45, 2.75) is 20.8 Å². The van der Waals surface area contributed by atoms with Gasteiger partial charge in [0.15, 0.2) is 0 Å². The fourth-order valence-corrected chi connectivity index (χ4v) is 4.06. The van der Waals surface area contributed by atoms with Gasteiger partial charge in [0, 0.05) is 5.56 Å². The molecule has 2 aromatic heterocycles. The molecule has 0 atom stereocenters. The molecule has 0 aliphatic rings. The molecule has 0 radical (unpaired) electrons. The summed E-state index contributed by atoms with van der Waals surface area (Å²) >= 11 is 0.961. The first-order valence-corrected chi connectivity index (χ1v) is 10.7. The molecule has 0 fully saturated rings. The topological polar surface area (TPSA) is 120 Å². The molecule has 0 saturated carbocycles. The predicted molar refractivity (Wildman–Crippen MR) is 119 cm³/mol. The number of methoxy groups -OCH3 is 1. The van der Waals surface area contributed by atoms with Gasteiger partial charge in [-0.05, 0) is 44.5 Å². The van der Waals surface area contributed by atoms with Crippen LogP contribution in [0.4, 0.5) is 5.00 Å². The SMILES string of the molecule is CCOC(=O)c1sc(NC(=O)c2cc(-c3cccc(OC)c3)n[nH]2)c(C(=O)OCC)c1C. The lowest BCUT2D eigenvalue weighted by Crippen LogP contribution is -2.15. The van der Waals surface area contributed by atoms with E-state index in [0.29, 0.717) is 17.0 Å². The van der Waals surface area contributed by atoms with Gasteiger partial charge in [-0.1, -0.05) is 12.1 Å². The molecule has 0 spiro atoms. The standard InChI is InChI=1S/C22H23N3O6S/c1-5-30-21(27)17-12(3)18(22(28)31-6-2)32-20(17)23-19(26)16-11-15(24-25-16)13-8-7-9-14(10-13)29-4/h7-11H,5-6H2,1-4H3,(H,23,26)(H,24,25). The summed E-state index contributed by atoms with van der Waals surface area (Å²) in [6.45, 7) is 5.32. The Balaban J connectivity index is 1.90. The monoisotopic (exact) mass is 457 g/mol. The highest BCUT2D eigenvalue weighted by Gasteiger charge is 2.28. The number of aromatic nitrogens is 2. The number of amides is 1. The summed E-state index contributed by atoms with van der Waals surface area (Å²) in [4.78, 5) is 37.9. The van der Waals surface area contributed by atoms with Gasteiger partial charge in [-0.25, -0.2) is 9.59 Å². The summed E-state index contributed by atoms with van der Waals surface area (Å²) in [7, 11) is 1.57. The number of nitrogens with one attached hydrogen (secondary N) is 2. The fraction of sp³-hybridized carbons (Fsp3) is 0.273. The van der Waals surface area contributed by atoms with Crippen molar-refractivity contribution in [1.82, 2.24) is 10.2 Å². The number of benzene rings is 1. The minimum Gasteiger partial charge on any atom is -0.497 e. The second-order valence-corrected chi connectivity index (χ2v) is 7.57. The van der Waals surface area contributed by atoms with Gasteiger partial charge in [0.2, 0.25) is 0 Å². The van der Waals surface area contributed by atoms with Crippen molar-refractivity contribution in [2.75, 3.05) is 25.6 Å². The van der Waals surface area contributed by atoms with Crippen LogP contribution in [0, 0.1) is 6.92 Å². The number of anilines is 1. The van der Waals surface area contributed by atoms with Crippen LogP contribution in [0.5, 0.6) is 5.75 Å². The van der Waals surface area contributed by atoms with Gasteiger partial charge in [-0.2, -0.15) is 5.10 Å². The highest BCUT2D eigenvalue weighted by Crippen LogP contribution is 2.34. The lowest BCUT2D eigenvalue weighted by Gasteiger charge is -2.06. The van der Waals surface area contributed by atoms with Crippen molar-refractivity contribution in [1.29, 1.82) is 0 Å². The molecule has 168 valence electrons. The molecular weight excluding hydrogens is 434 g/mol. The molecule has 3 aromatic rings. The van der Waals surface area contributed by atoms with Gasteiger partial charge in [0.05, 0.1) is 31.6 Å². The van der Waals surface area contributed by atoms with Crippen LogP contribution in [-0.4, -0.2) is 48.4 Å². The minimum atomic E-state index is -0.631. The zero-order chi connectivity index (χ0) is 23.3. The van der Waals surface area contributed by atoms with Gasteiger partial charge >= 0.3 is 11.9 Å². The van der Waals surface area contributed by atoms with Crippen LogP contribution in [0.25, 0.3) is 11.3 Å². The highest BCUT2D eigenvalue weighted by atomic mass is 32.1.